The third kappa shape index (κ3) is 3.52. The van der Waals surface area contributed by atoms with Crippen molar-refractivity contribution < 1.29 is 4.92 Å². The maximum Gasteiger partial charge on any atom is 0.288 e. The highest BCUT2D eigenvalue weighted by Gasteiger charge is 2.14. The normalized spacial score (nSPS) is 10.4. The van der Waals surface area contributed by atoms with Crippen LogP contribution in [0.3, 0.4) is 0 Å². The number of nitro groups is 1. The van der Waals surface area contributed by atoms with E-state index >= 15 is 0 Å². The van der Waals surface area contributed by atoms with Crippen LogP contribution in [0.2, 0.25) is 5.02 Å². The summed E-state index contributed by atoms with van der Waals surface area (Å²) in [6.45, 7) is 5.56. The first kappa shape index (κ1) is 15.3. The van der Waals surface area contributed by atoms with Crippen molar-refractivity contribution in [1.29, 1.82) is 0 Å². The Labute approximate surface area is 129 Å². The minimum Gasteiger partial charge on any atom is -0.367 e. The van der Waals surface area contributed by atoms with E-state index in [2.05, 4.69) is 30.9 Å². The third-order valence-corrected chi connectivity index (χ3v) is 3.74. The van der Waals surface area contributed by atoms with E-state index in [1.165, 1.54) is 5.56 Å². The average molecular weight is 305 g/mol. The highest BCUT2D eigenvalue weighted by atomic mass is 35.5. The lowest BCUT2D eigenvalue weighted by atomic mass is 10.1. The van der Waals surface area contributed by atoms with E-state index in [4.69, 9.17) is 11.6 Å². The van der Waals surface area contributed by atoms with Crippen LogP contribution in [0.1, 0.15) is 18.1 Å². The maximum absolute atomic E-state index is 11.0. The molecule has 21 heavy (non-hydrogen) atoms. The molecular formula is C16H17ClN2O2. The van der Waals surface area contributed by atoms with Gasteiger partial charge in [-0.3, -0.25) is 10.1 Å². The van der Waals surface area contributed by atoms with Crippen molar-refractivity contribution in [1.82, 2.24) is 0 Å². The first-order valence-corrected chi connectivity index (χ1v) is 7.14. The van der Waals surface area contributed by atoms with Crippen LogP contribution in [-0.4, -0.2) is 11.5 Å². The van der Waals surface area contributed by atoms with E-state index in [-0.39, 0.29) is 10.7 Å². The van der Waals surface area contributed by atoms with Gasteiger partial charge in [-0.05, 0) is 37.1 Å². The zero-order chi connectivity index (χ0) is 15.4. The van der Waals surface area contributed by atoms with E-state index < -0.39 is 4.92 Å². The van der Waals surface area contributed by atoms with Crippen LogP contribution in [0.25, 0.3) is 0 Å². The SMILES string of the molecule is CCN(Cc1ccc(Cl)c([N+](=O)[O-])c1)c1ccccc1C. The summed E-state index contributed by atoms with van der Waals surface area (Å²) in [5, 5.41) is 11.1. The summed E-state index contributed by atoms with van der Waals surface area (Å²) in [7, 11) is 0. The number of para-hydroxylation sites is 1. The molecule has 0 amide bonds. The second kappa shape index (κ2) is 6.59. The minimum absolute atomic E-state index is 0.0463. The molecule has 0 N–H and O–H groups in total. The van der Waals surface area contributed by atoms with Crippen LogP contribution in [0, 0.1) is 17.0 Å². The Kier molecular flexibility index (Phi) is 4.81. The number of nitro benzene ring substituents is 1. The molecule has 5 heteroatoms. The summed E-state index contributed by atoms with van der Waals surface area (Å²) in [6.07, 6.45) is 0. The molecule has 0 unspecified atom stereocenters. The van der Waals surface area contributed by atoms with Gasteiger partial charge in [0.2, 0.25) is 0 Å². The smallest absolute Gasteiger partial charge is 0.288 e. The quantitative estimate of drug-likeness (QED) is 0.600. The van der Waals surface area contributed by atoms with Gasteiger partial charge in [0.1, 0.15) is 5.02 Å². The standard InChI is InChI=1S/C16H17ClN2O2/c1-3-18(15-7-5-4-6-12(15)2)11-13-8-9-14(17)16(10-13)19(20)21/h4-10H,3,11H2,1-2H3. The molecule has 0 spiro atoms. The molecule has 0 heterocycles. The Morgan fingerprint density at radius 2 is 1.95 bits per heavy atom. The molecule has 0 saturated carbocycles. The van der Waals surface area contributed by atoms with Crippen molar-refractivity contribution in [2.45, 2.75) is 20.4 Å². The summed E-state index contributed by atoms with van der Waals surface area (Å²) >= 11 is 5.85. The second-order valence-electron chi connectivity index (χ2n) is 4.84. The van der Waals surface area contributed by atoms with E-state index in [9.17, 15) is 10.1 Å². The first-order valence-electron chi connectivity index (χ1n) is 6.76. The number of rotatable bonds is 5. The molecule has 0 aliphatic heterocycles. The van der Waals surface area contributed by atoms with Crippen LogP contribution in [0.4, 0.5) is 11.4 Å². The van der Waals surface area contributed by atoms with Crippen molar-refractivity contribution in [3.05, 3.63) is 68.7 Å². The van der Waals surface area contributed by atoms with Crippen molar-refractivity contribution in [2.75, 3.05) is 11.4 Å². The lowest BCUT2D eigenvalue weighted by Gasteiger charge is -2.25. The largest absolute Gasteiger partial charge is 0.367 e. The zero-order valence-corrected chi connectivity index (χ0v) is 12.8. The zero-order valence-electron chi connectivity index (χ0n) is 12.0. The molecule has 2 rings (SSSR count). The number of anilines is 1. The van der Waals surface area contributed by atoms with Crippen LogP contribution in [-0.2, 0) is 6.54 Å². The number of hydrogen-bond donors (Lipinski definition) is 0. The Hall–Kier alpha value is -2.07. The summed E-state index contributed by atoms with van der Waals surface area (Å²) < 4.78 is 0. The number of nitrogens with zero attached hydrogens (tertiary/aromatic N) is 2. The van der Waals surface area contributed by atoms with Crippen molar-refractivity contribution in [2.24, 2.45) is 0 Å². The molecule has 0 aliphatic rings. The number of halogens is 1. The molecule has 0 aromatic heterocycles. The van der Waals surface area contributed by atoms with Gasteiger partial charge in [0, 0.05) is 24.8 Å². The molecule has 0 atom stereocenters. The van der Waals surface area contributed by atoms with Crippen LogP contribution in [0.15, 0.2) is 42.5 Å². The highest BCUT2D eigenvalue weighted by molar-refractivity contribution is 6.32. The fourth-order valence-electron chi connectivity index (χ4n) is 2.30. The molecule has 0 saturated heterocycles. The Balaban J connectivity index is 2.29. The molecule has 2 aromatic rings. The van der Waals surface area contributed by atoms with Crippen LogP contribution >= 0.6 is 11.6 Å². The van der Waals surface area contributed by atoms with Crippen LogP contribution < -0.4 is 4.90 Å². The van der Waals surface area contributed by atoms with Crippen molar-refractivity contribution in [3.8, 4) is 0 Å². The van der Waals surface area contributed by atoms with Gasteiger partial charge in [-0.15, -0.1) is 0 Å². The summed E-state index contributed by atoms with van der Waals surface area (Å²) in [6, 6.07) is 13.1. The van der Waals surface area contributed by atoms with Gasteiger partial charge in [-0.2, -0.15) is 0 Å². The van der Waals surface area contributed by atoms with Gasteiger partial charge < -0.3 is 4.90 Å². The number of aryl methyl sites for hydroxylation is 1. The van der Waals surface area contributed by atoms with E-state index in [0.29, 0.717) is 6.54 Å². The topological polar surface area (TPSA) is 46.4 Å². The molecule has 0 bridgehead atoms. The Morgan fingerprint density at radius 1 is 1.24 bits per heavy atom. The van der Waals surface area contributed by atoms with Gasteiger partial charge in [-0.25, -0.2) is 0 Å². The van der Waals surface area contributed by atoms with Crippen molar-refractivity contribution in [3.63, 3.8) is 0 Å². The summed E-state index contributed by atoms with van der Waals surface area (Å²) in [5.74, 6) is 0. The first-order chi connectivity index (χ1) is 10.0. The number of hydrogen-bond acceptors (Lipinski definition) is 3. The second-order valence-corrected chi connectivity index (χ2v) is 5.25. The molecule has 0 aliphatic carbocycles. The predicted octanol–water partition coefficient (Wildman–Crippen LogP) is 4.58. The molecule has 0 fully saturated rings. The molecule has 110 valence electrons. The molecule has 4 nitrogen and oxygen atoms in total. The van der Waals surface area contributed by atoms with Gasteiger partial charge in [0.25, 0.3) is 5.69 Å². The van der Waals surface area contributed by atoms with Gasteiger partial charge in [0.05, 0.1) is 4.92 Å². The van der Waals surface area contributed by atoms with E-state index in [1.54, 1.807) is 12.1 Å². The predicted molar refractivity (Wildman–Crippen MR) is 86.0 cm³/mol. The van der Waals surface area contributed by atoms with Gasteiger partial charge in [-0.1, -0.05) is 35.9 Å². The van der Waals surface area contributed by atoms with E-state index in [1.807, 2.05) is 18.2 Å². The molecule has 2 aromatic carbocycles. The Morgan fingerprint density at radius 3 is 2.57 bits per heavy atom. The fraction of sp³-hybridized carbons (Fsp3) is 0.250. The lowest BCUT2D eigenvalue weighted by Crippen LogP contribution is -2.22. The van der Waals surface area contributed by atoms with Crippen LogP contribution in [0.5, 0.6) is 0 Å². The number of benzene rings is 2. The molecular weight excluding hydrogens is 288 g/mol. The Bertz CT molecular complexity index is 658. The van der Waals surface area contributed by atoms with Gasteiger partial charge >= 0.3 is 0 Å². The third-order valence-electron chi connectivity index (χ3n) is 3.42. The summed E-state index contributed by atoms with van der Waals surface area (Å²) in [4.78, 5) is 12.7. The van der Waals surface area contributed by atoms with Crippen molar-refractivity contribution >= 4 is 23.0 Å². The monoisotopic (exact) mass is 304 g/mol. The van der Waals surface area contributed by atoms with Gasteiger partial charge in [0.15, 0.2) is 0 Å². The molecule has 0 radical (unpaired) electrons. The summed E-state index contributed by atoms with van der Waals surface area (Å²) in [5.41, 5.74) is 3.15. The average Bonchev–Trinajstić information content (AvgIpc) is 2.47. The fourth-order valence-corrected chi connectivity index (χ4v) is 2.49. The maximum atomic E-state index is 11.0. The lowest BCUT2D eigenvalue weighted by molar-refractivity contribution is -0.384. The van der Waals surface area contributed by atoms with E-state index in [0.717, 1.165) is 17.8 Å². The highest BCUT2D eigenvalue weighted by Crippen LogP contribution is 2.27. The minimum atomic E-state index is -0.449.